The molecule has 19 heteroatoms. The van der Waals surface area contributed by atoms with Crippen molar-refractivity contribution >= 4 is 17.9 Å². The summed E-state index contributed by atoms with van der Waals surface area (Å²) in [4.78, 5) is 29.5. The maximum atomic E-state index is 9.83. The molecule has 0 saturated carbocycles. The van der Waals surface area contributed by atoms with Crippen LogP contribution in [-0.2, 0) is 20.1 Å². The van der Waals surface area contributed by atoms with E-state index in [4.69, 9.17) is 0 Å². The van der Waals surface area contributed by atoms with Gasteiger partial charge >= 0.3 is 20.1 Å². The second kappa shape index (κ2) is 16.6. The fourth-order valence-electron chi connectivity index (χ4n) is 2.33. The van der Waals surface area contributed by atoms with E-state index in [0.29, 0.717) is 5.92 Å². The van der Waals surface area contributed by atoms with E-state index in [-0.39, 0.29) is 37.2 Å². The molecule has 0 saturated heterocycles. The van der Waals surface area contributed by atoms with Gasteiger partial charge in [-0.2, -0.15) is 46.2 Å². The second-order valence-electron chi connectivity index (χ2n) is 6.98. The van der Waals surface area contributed by atoms with Crippen LogP contribution in [0.5, 0.6) is 0 Å². The average Bonchev–Trinajstić information content (AvgIpc) is 3.74. The van der Waals surface area contributed by atoms with Gasteiger partial charge in [-0.25, -0.2) is 0 Å². The fourth-order valence-corrected chi connectivity index (χ4v) is 2.33. The first-order valence-electron chi connectivity index (χ1n) is 10.4. The van der Waals surface area contributed by atoms with Gasteiger partial charge in [-0.1, -0.05) is 32.0 Å². The zero-order chi connectivity index (χ0) is 27.9. The number of nitrogens with one attached hydrogen (secondary N) is 3. The molecule has 0 spiro atoms. The largest absolute Gasteiger partial charge is 3.00 e. The van der Waals surface area contributed by atoms with Crippen LogP contribution >= 0.6 is 0 Å². The molecule has 4 aromatic heterocycles. The standard InChI is InChI=1S/C11H13N3.3C3H3N3O2.Ir/c1-9(2)11-13-12-8-14(11)10-6-4-3-5-7-10;3*7-3(8)2-1-4-6-5-2;/h3-9H,1-2H3;3*1H,(H,7,8)(H,4,5,6);/q;;;;+3/p-3. The van der Waals surface area contributed by atoms with Crippen molar-refractivity contribution in [2.24, 2.45) is 0 Å². The van der Waals surface area contributed by atoms with Gasteiger partial charge in [-0.3, -0.25) is 4.57 Å². The smallest absolute Gasteiger partial charge is 0.543 e. The van der Waals surface area contributed by atoms with Gasteiger partial charge in [0.1, 0.15) is 29.2 Å². The Morgan fingerprint density at radius 2 is 1.15 bits per heavy atom. The summed E-state index contributed by atoms with van der Waals surface area (Å²) in [6, 6.07) is 10.1. The summed E-state index contributed by atoms with van der Waals surface area (Å²) in [6.45, 7) is 4.23. The molecule has 5 aromatic rings. The number of benzene rings is 1. The van der Waals surface area contributed by atoms with Crippen molar-refractivity contribution in [1.29, 1.82) is 0 Å². The number of carboxylic acids is 3. The molecule has 4 heterocycles. The molecule has 0 amide bonds. The summed E-state index contributed by atoms with van der Waals surface area (Å²) in [6.07, 6.45) is 4.99. The van der Waals surface area contributed by atoms with Crippen LogP contribution in [0.4, 0.5) is 0 Å². The average molecular weight is 716 g/mol. The first kappa shape index (κ1) is 31.9. The molecule has 39 heavy (non-hydrogen) atoms. The van der Waals surface area contributed by atoms with Gasteiger partial charge in [0.2, 0.25) is 0 Å². The molecule has 0 aliphatic carbocycles. The van der Waals surface area contributed by atoms with Crippen LogP contribution in [0.1, 0.15) is 57.1 Å². The molecule has 0 unspecified atom stereocenters. The molecule has 0 radical (unpaired) electrons. The molecule has 204 valence electrons. The molecule has 0 atom stereocenters. The zero-order valence-corrected chi connectivity index (χ0v) is 22.5. The monoisotopic (exact) mass is 716 g/mol. The number of aromatic nitrogens is 12. The van der Waals surface area contributed by atoms with E-state index in [9.17, 15) is 29.7 Å². The number of para-hydroxylation sites is 1. The van der Waals surface area contributed by atoms with Gasteiger partial charge in [0.25, 0.3) is 0 Å². The minimum atomic E-state index is -1.32. The number of carboxylic acid groups (broad SMARTS) is 3. The van der Waals surface area contributed by atoms with E-state index in [1.165, 1.54) is 0 Å². The Bertz CT molecular complexity index is 1270. The van der Waals surface area contributed by atoms with Gasteiger partial charge in [0.05, 0.1) is 36.5 Å². The van der Waals surface area contributed by atoms with E-state index < -0.39 is 17.9 Å². The topological polar surface area (TPSA) is 276 Å². The van der Waals surface area contributed by atoms with Crippen molar-refractivity contribution in [2.75, 3.05) is 0 Å². The molecular formula is C20H19IrN12O6. The van der Waals surface area contributed by atoms with Gasteiger partial charge < -0.3 is 29.7 Å². The Morgan fingerprint density at radius 3 is 1.44 bits per heavy atom. The van der Waals surface area contributed by atoms with E-state index in [1.54, 1.807) is 6.33 Å². The van der Waals surface area contributed by atoms with Crippen LogP contribution in [-0.4, -0.2) is 78.9 Å². The van der Waals surface area contributed by atoms with Gasteiger partial charge in [0, 0.05) is 11.6 Å². The minimum Gasteiger partial charge on any atom is -0.543 e. The number of carbonyl (C=O) groups excluding carboxylic acids is 3. The molecule has 5 rings (SSSR count). The number of nitrogens with zero attached hydrogens (tertiary/aromatic N) is 9. The third-order valence-corrected chi connectivity index (χ3v) is 4.00. The Morgan fingerprint density at radius 1 is 0.744 bits per heavy atom. The van der Waals surface area contributed by atoms with Crippen LogP contribution in [0.3, 0.4) is 0 Å². The van der Waals surface area contributed by atoms with Crippen molar-refractivity contribution < 1.29 is 49.8 Å². The molecule has 18 nitrogen and oxygen atoms in total. The van der Waals surface area contributed by atoms with Crippen molar-refractivity contribution in [3.05, 3.63) is 78.2 Å². The molecule has 1 aromatic carbocycles. The fraction of sp³-hybridized carbons (Fsp3) is 0.150. The van der Waals surface area contributed by atoms with Crippen LogP contribution in [0, 0.1) is 0 Å². The quantitative estimate of drug-likeness (QED) is 0.163. The number of aromatic carboxylic acids is 3. The van der Waals surface area contributed by atoms with Gasteiger partial charge in [0.15, 0.2) is 0 Å². The predicted octanol–water partition coefficient (Wildman–Crippen LogP) is -3.11. The number of hydrogen-bond donors (Lipinski definition) is 3. The number of H-pyrrole nitrogens is 3. The predicted molar refractivity (Wildman–Crippen MR) is 118 cm³/mol. The van der Waals surface area contributed by atoms with Crippen LogP contribution < -0.4 is 15.3 Å². The summed E-state index contributed by atoms with van der Waals surface area (Å²) in [7, 11) is 0. The van der Waals surface area contributed by atoms with Crippen LogP contribution in [0.2, 0.25) is 0 Å². The maximum absolute atomic E-state index is 9.83. The Balaban J connectivity index is 0.000000268. The zero-order valence-electron chi connectivity index (χ0n) is 20.1. The van der Waals surface area contributed by atoms with Crippen LogP contribution in [0.25, 0.3) is 5.69 Å². The van der Waals surface area contributed by atoms with E-state index >= 15 is 0 Å². The summed E-state index contributed by atoms with van der Waals surface area (Å²) >= 11 is 0. The summed E-state index contributed by atoms with van der Waals surface area (Å²) < 4.78 is 2.02. The number of hydrogen-bond acceptors (Lipinski definition) is 14. The third kappa shape index (κ3) is 10.8. The summed E-state index contributed by atoms with van der Waals surface area (Å²) in [5.74, 6) is -2.58. The summed E-state index contributed by atoms with van der Waals surface area (Å²) in [5, 5.41) is 63.3. The van der Waals surface area contributed by atoms with E-state index in [2.05, 4.69) is 82.4 Å². The van der Waals surface area contributed by atoms with E-state index in [0.717, 1.165) is 30.1 Å². The molecule has 3 N–H and O–H groups in total. The van der Waals surface area contributed by atoms with Crippen LogP contribution in [0.15, 0.2) is 55.2 Å². The van der Waals surface area contributed by atoms with E-state index in [1.807, 2.05) is 22.8 Å². The maximum Gasteiger partial charge on any atom is 3.00 e. The number of aromatic amines is 3. The molecule has 0 bridgehead atoms. The first-order valence-corrected chi connectivity index (χ1v) is 10.4. The number of rotatable bonds is 5. The Hall–Kier alpha value is -5.16. The van der Waals surface area contributed by atoms with Gasteiger partial charge in [-0.05, 0) is 12.1 Å². The first-order chi connectivity index (χ1) is 18.2. The molecule has 0 aliphatic rings. The van der Waals surface area contributed by atoms with Crippen molar-refractivity contribution in [3.63, 3.8) is 0 Å². The van der Waals surface area contributed by atoms with Crippen molar-refractivity contribution in [1.82, 2.24) is 61.0 Å². The normalized spacial score (nSPS) is 9.41. The van der Waals surface area contributed by atoms with Crippen molar-refractivity contribution in [3.8, 4) is 5.69 Å². The second-order valence-corrected chi connectivity index (χ2v) is 6.98. The minimum absolute atomic E-state index is 0. The van der Waals surface area contributed by atoms with Gasteiger partial charge in [-0.15, -0.1) is 10.2 Å². The Labute approximate surface area is 232 Å². The Kier molecular flexibility index (Phi) is 13.5. The number of carbonyl (C=O) groups is 3. The third-order valence-electron chi connectivity index (χ3n) is 4.00. The molecule has 0 aliphatic heterocycles. The summed E-state index contributed by atoms with van der Waals surface area (Å²) in [5.41, 5.74) is 0.584. The molecule has 0 fully saturated rings. The molecular weight excluding hydrogens is 697 g/mol. The SMILES string of the molecule is CC(C)c1nncn1-c1ccccc1.O=C([O-])c1cn[nH]n1.O=C([O-])c1cn[nH]n1.O=C([O-])c1cn[nH]n1.[Ir+3]. The van der Waals surface area contributed by atoms with Crippen molar-refractivity contribution in [2.45, 2.75) is 19.8 Å².